The predicted octanol–water partition coefficient (Wildman–Crippen LogP) is 0.181. The Balaban J connectivity index is 1.85. The molecule has 2 heterocycles. The highest BCUT2D eigenvalue weighted by Crippen LogP contribution is 2.28. The fourth-order valence-electron chi connectivity index (χ4n) is 2.77. The number of aromatic carboxylic acids is 1. The number of rotatable bonds is 2. The lowest BCUT2D eigenvalue weighted by atomic mass is 10.1. The van der Waals surface area contributed by atoms with Crippen molar-refractivity contribution in [1.29, 1.82) is 0 Å². The third-order valence-electron chi connectivity index (χ3n) is 3.85. The Morgan fingerprint density at radius 2 is 2.20 bits per heavy atom. The van der Waals surface area contributed by atoms with E-state index in [1.165, 1.54) is 6.07 Å². The molecule has 0 aromatic heterocycles. The quantitative estimate of drug-likeness (QED) is 0.669. The van der Waals surface area contributed by atoms with Crippen LogP contribution in [0.4, 0.5) is 16.2 Å². The molecule has 2 aliphatic heterocycles. The van der Waals surface area contributed by atoms with E-state index < -0.39 is 5.97 Å². The summed E-state index contributed by atoms with van der Waals surface area (Å²) < 4.78 is 0. The molecule has 106 valence electrons. The van der Waals surface area contributed by atoms with Crippen molar-refractivity contribution in [3.63, 3.8) is 0 Å². The highest BCUT2D eigenvalue weighted by atomic mass is 16.4. The summed E-state index contributed by atoms with van der Waals surface area (Å²) in [6.45, 7) is 2.55. The van der Waals surface area contributed by atoms with Crippen molar-refractivity contribution < 1.29 is 14.7 Å². The summed E-state index contributed by atoms with van der Waals surface area (Å²) in [7, 11) is 0. The van der Waals surface area contributed by atoms with Crippen LogP contribution in [-0.4, -0.2) is 54.2 Å². The minimum Gasteiger partial charge on any atom is -0.478 e. The molecule has 0 saturated carbocycles. The predicted molar refractivity (Wildman–Crippen MR) is 73.9 cm³/mol. The number of carboxylic acid groups (broad SMARTS) is 1. The zero-order valence-electron chi connectivity index (χ0n) is 10.9. The van der Waals surface area contributed by atoms with E-state index in [-0.39, 0.29) is 17.6 Å². The molecular formula is C13H16N4O3. The summed E-state index contributed by atoms with van der Waals surface area (Å²) in [6, 6.07) is 4.80. The number of hydrogen-bond donors (Lipinski definition) is 3. The van der Waals surface area contributed by atoms with E-state index in [1.807, 2.05) is 9.80 Å². The van der Waals surface area contributed by atoms with Gasteiger partial charge >= 0.3 is 12.0 Å². The second-order valence-corrected chi connectivity index (χ2v) is 5.06. The Hall–Kier alpha value is -2.44. The molecule has 2 amide bonds. The number of urea groups is 1. The highest BCUT2D eigenvalue weighted by Gasteiger charge is 2.35. The molecule has 0 bridgehead atoms. The summed E-state index contributed by atoms with van der Waals surface area (Å²) in [4.78, 5) is 26.5. The Morgan fingerprint density at radius 3 is 2.95 bits per heavy atom. The van der Waals surface area contributed by atoms with Gasteiger partial charge in [-0.05, 0) is 18.2 Å². The first kappa shape index (κ1) is 12.6. The van der Waals surface area contributed by atoms with Gasteiger partial charge in [0.15, 0.2) is 0 Å². The molecule has 0 aliphatic carbocycles. The Labute approximate surface area is 116 Å². The van der Waals surface area contributed by atoms with Crippen LogP contribution < -0.4 is 16.0 Å². The lowest BCUT2D eigenvalue weighted by molar-refractivity contribution is 0.0697. The second-order valence-electron chi connectivity index (χ2n) is 5.06. The SMILES string of the molecule is Nc1ccc(C(=O)O)cc1N1CCN2C(=O)NCC2C1. The molecule has 1 unspecified atom stereocenters. The van der Waals surface area contributed by atoms with Crippen LogP contribution in [0.5, 0.6) is 0 Å². The average molecular weight is 276 g/mol. The number of benzene rings is 1. The molecule has 0 radical (unpaired) electrons. The van der Waals surface area contributed by atoms with E-state index in [0.717, 1.165) is 5.69 Å². The van der Waals surface area contributed by atoms with Gasteiger partial charge in [-0.25, -0.2) is 9.59 Å². The molecule has 20 heavy (non-hydrogen) atoms. The average Bonchev–Trinajstić information content (AvgIpc) is 2.80. The monoisotopic (exact) mass is 276 g/mol. The number of hydrogen-bond acceptors (Lipinski definition) is 4. The summed E-state index contributed by atoms with van der Waals surface area (Å²) in [6.07, 6.45) is 0. The number of amides is 2. The van der Waals surface area contributed by atoms with Crippen LogP contribution in [0.1, 0.15) is 10.4 Å². The van der Waals surface area contributed by atoms with E-state index in [4.69, 9.17) is 10.8 Å². The Morgan fingerprint density at radius 1 is 1.40 bits per heavy atom. The first-order chi connectivity index (χ1) is 9.56. The van der Waals surface area contributed by atoms with Crippen molar-refractivity contribution >= 4 is 23.4 Å². The van der Waals surface area contributed by atoms with Gasteiger partial charge in [0.05, 0.1) is 23.0 Å². The standard InChI is InChI=1S/C13H16N4O3/c14-10-2-1-8(12(18)19)5-11(10)16-3-4-17-9(7-16)6-15-13(17)20/h1-2,5,9H,3-4,6-7,14H2,(H,15,20)(H,18,19). The lowest BCUT2D eigenvalue weighted by Crippen LogP contribution is -2.52. The van der Waals surface area contributed by atoms with Crippen molar-refractivity contribution in [3.8, 4) is 0 Å². The van der Waals surface area contributed by atoms with Crippen molar-refractivity contribution in [3.05, 3.63) is 23.8 Å². The van der Waals surface area contributed by atoms with Crippen LogP contribution in [0.2, 0.25) is 0 Å². The van der Waals surface area contributed by atoms with Crippen molar-refractivity contribution in [2.45, 2.75) is 6.04 Å². The summed E-state index contributed by atoms with van der Waals surface area (Å²) in [5, 5.41) is 11.9. The first-order valence-electron chi connectivity index (χ1n) is 6.48. The van der Waals surface area contributed by atoms with Gasteiger partial charge in [0, 0.05) is 26.2 Å². The van der Waals surface area contributed by atoms with Crippen LogP contribution in [0.15, 0.2) is 18.2 Å². The van der Waals surface area contributed by atoms with E-state index in [2.05, 4.69) is 5.32 Å². The summed E-state index contributed by atoms with van der Waals surface area (Å²) >= 11 is 0. The van der Waals surface area contributed by atoms with Gasteiger partial charge in [0.2, 0.25) is 0 Å². The largest absolute Gasteiger partial charge is 0.478 e. The number of carbonyl (C=O) groups is 2. The third-order valence-corrected chi connectivity index (χ3v) is 3.85. The van der Waals surface area contributed by atoms with Crippen LogP contribution in [0.3, 0.4) is 0 Å². The number of piperazine rings is 1. The highest BCUT2D eigenvalue weighted by molar-refractivity contribution is 5.90. The number of carboxylic acids is 1. The van der Waals surface area contributed by atoms with Crippen LogP contribution in [0, 0.1) is 0 Å². The number of nitrogen functional groups attached to an aromatic ring is 1. The van der Waals surface area contributed by atoms with Crippen LogP contribution in [0.25, 0.3) is 0 Å². The number of anilines is 2. The second kappa shape index (κ2) is 4.59. The van der Waals surface area contributed by atoms with Gasteiger partial charge in [-0.1, -0.05) is 0 Å². The molecule has 0 spiro atoms. The molecule has 7 heteroatoms. The van der Waals surface area contributed by atoms with Gasteiger partial charge in [0.1, 0.15) is 0 Å². The van der Waals surface area contributed by atoms with Crippen molar-refractivity contribution in [1.82, 2.24) is 10.2 Å². The number of nitrogens with zero attached hydrogens (tertiary/aromatic N) is 2. The lowest BCUT2D eigenvalue weighted by Gasteiger charge is -2.38. The Kier molecular flexibility index (Phi) is 2.89. The molecule has 7 nitrogen and oxygen atoms in total. The third kappa shape index (κ3) is 2.01. The van der Waals surface area contributed by atoms with Crippen LogP contribution in [-0.2, 0) is 0 Å². The number of nitrogens with two attached hydrogens (primary N) is 1. The molecule has 1 atom stereocenters. The van der Waals surface area contributed by atoms with Crippen LogP contribution >= 0.6 is 0 Å². The maximum Gasteiger partial charge on any atom is 0.335 e. The topological polar surface area (TPSA) is 98.9 Å². The van der Waals surface area contributed by atoms with Gasteiger partial charge in [-0.15, -0.1) is 0 Å². The Bertz CT molecular complexity index is 575. The van der Waals surface area contributed by atoms with Gasteiger partial charge in [0.25, 0.3) is 0 Å². The van der Waals surface area contributed by atoms with E-state index in [1.54, 1.807) is 12.1 Å². The maximum atomic E-state index is 11.6. The van der Waals surface area contributed by atoms with Crippen molar-refractivity contribution in [2.24, 2.45) is 0 Å². The van der Waals surface area contributed by atoms with E-state index >= 15 is 0 Å². The molecule has 2 saturated heterocycles. The maximum absolute atomic E-state index is 11.6. The molecule has 2 aliphatic rings. The molecular weight excluding hydrogens is 260 g/mol. The van der Waals surface area contributed by atoms with Gasteiger partial charge in [-0.2, -0.15) is 0 Å². The summed E-state index contributed by atoms with van der Waals surface area (Å²) in [5.41, 5.74) is 7.46. The molecule has 2 fully saturated rings. The summed E-state index contributed by atoms with van der Waals surface area (Å²) in [5.74, 6) is -0.970. The number of nitrogens with one attached hydrogen (secondary N) is 1. The normalized spacial score (nSPS) is 21.6. The minimum absolute atomic E-state index is 0.0260. The fraction of sp³-hybridized carbons (Fsp3) is 0.385. The molecule has 4 N–H and O–H groups in total. The van der Waals surface area contributed by atoms with E-state index in [0.29, 0.717) is 31.9 Å². The van der Waals surface area contributed by atoms with E-state index in [9.17, 15) is 9.59 Å². The fourth-order valence-corrected chi connectivity index (χ4v) is 2.77. The minimum atomic E-state index is -0.970. The smallest absolute Gasteiger partial charge is 0.335 e. The molecule has 3 rings (SSSR count). The van der Waals surface area contributed by atoms with Gasteiger partial charge in [-0.3, -0.25) is 0 Å². The number of carbonyl (C=O) groups excluding carboxylic acids is 1. The molecule has 1 aromatic carbocycles. The van der Waals surface area contributed by atoms with Crippen molar-refractivity contribution in [2.75, 3.05) is 36.8 Å². The first-order valence-corrected chi connectivity index (χ1v) is 6.48. The van der Waals surface area contributed by atoms with Gasteiger partial charge < -0.3 is 26.0 Å². The zero-order valence-corrected chi connectivity index (χ0v) is 10.9. The molecule has 1 aromatic rings. The number of fused-ring (bicyclic) bond motifs is 1. The zero-order chi connectivity index (χ0) is 14.3.